The number of aliphatic hydroxyl groups excluding tert-OH is 1. The fourth-order valence-electron chi connectivity index (χ4n) is 3.79. The molecular formula is C23H29BrCl2N4O4. The van der Waals surface area contributed by atoms with Crippen LogP contribution in [0.3, 0.4) is 0 Å². The van der Waals surface area contributed by atoms with Crippen LogP contribution in [-0.2, 0) is 0 Å². The lowest BCUT2D eigenvalue weighted by atomic mass is 10.2. The van der Waals surface area contributed by atoms with E-state index in [-0.39, 0.29) is 31.4 Å². The van der Waals surface area contributed by atoms with Gasteiger partial charge in [0.2, 0.25) is 0 Å². The van der Waals surface area contributed by atoms with Gasteiger partial charge in [0.05, 0.1) is 25.4 Å². The highest BCUT2D eigenvalue weighted by molar-refractivity contribution is 9.10. The minimum atomic E-state index is -0.568. The van der Waals surface area contributed by atoms with Crippen molar-refractivity contribution in [2.45, 2.75) is 18.9 Å². The molecule has 2 aromatic carbocycles. The number of methoxy groups -OCH3 is 2. The van der Waals surface area contributed by atoms with E-state index in [2.05, 4.69) is 36.1 Å². The molecule has 1 aliphatic rings. The van der Waals surface area contributed by atoms with Gasteiger partial charge in [0.15, 0.2) is 11.5 Å². The molecule has 1 unspecified atom stereocenters. The number of fused-ring (bicyclic) bond motifs is 1. The maximum atomic E-state index is 10.4. The predicted molar refractivity (Wildman–Crippen MR) is 142 cm³/mol. The van der Waals surface area contributed by atoms with Crippen molar-refractivity contribution >= 4 is 63.2 Å². The zero-order valence-electron chi connectivity index (χ0n) is 19.0. The van der Waals surface area contributed by atoms with Crippen LogP contribution in [0.25, 0.3) is 10.9 Å². The summed E-state index contributed by atoms with van der Waals surface area (Å²) in [5.74, 6) is 2.44. The standard InChI is InChI=1S/C23H27BrN4O4.2ClH/c1-30-16-5-6-18(24)20(9-16)27-23-17-10-21(31-2)22(11-19(17)25-14-26-23)32-13-15(29)12-28-7-3-4-8-28;;/h5-6,9-11,14-15,29H,3-4,7-8,12-13H2,1-2H3,(H,25,26,27);2*1H. The maximum Gasteiger partial charge on any atom is 0.163 e. The van der Waals surface area contributed by atoms with Gasteiger partial charge in [-0.25, -0.2) is 9.97 Å². The van der Waals surface area contributed by atoms with E-state index in [1.165, 1.54) is 19.2 Å². The number of aliphatic hydroxyl groups is 1. The van der Waals surface area contributed by atoms with Gasteiger partial charge in [0.1, 0.15) is 30.6 Å². The smallest absolute Gasteiger partial charge is 0.163 e. The molecule has 2 N–H and O–H groups in total. The second kappa shape index (κ2) is 13.2. The van der Waals surface area contributed by atoms with Crippen molar-refractivity contribution in [1.29, 1.82) is 0 Å². The zero-order valence-corrected chi connectivity index (χ0v) is 22.2. The van der Waals surface area contributed by atoms with Gasteiger partial charge in [-0.15, -0.1) is 24.8 Å². The fourth-order valence-corrected chi connectivity index (χ4v) is 4.14. The number of nitrogens with zero attached hydrogens (tertiary/aromatic N) is 3. The first-order chi connectivity index (χ1) is 15.6. The van der Waals surface area contributed by atoms with Crippen molar-refractivity contribution in [2.24, 2.45) is 0 Å². The van der Waals surface area contributed by atoms with Crippen LogP contribution in [0.2, 0.25) is 0 Å². The monoisotopic (exact) mass is 574 g/mol. The number of β-amino-alcohol motifs (C(OH)–C–C–N with tert-alkyl or cyclic N) is 1. The molecule has 11 heteroatoms. The van der Waals surface area contributed by atoms with Crippen molar-refractivity contribution in [3.8, 4) is 17.2 Å². The highest BCUT2D eigenvalue weighted by atomic mass is 79.9. The number of hydrogen-bond donors (Lipinski definition) is 2. The van der Waals surface area contributed by atoms with Crippen LogP contribution in [0.1, 0.15) is 12.8 Å². The lowest BCUT2D eigenvalue weighted by Crippen LogP contribution is -2.33. The van der Waals surface area contributed by atoms with Gasteiger partial charge in [-0.1, -0.05) is 0 Å². The van der Waals surface area contributed by atoms with Crippen LogP contribution >= 0.6 is 40.7 Å². The molecule has 0 radical (unpaired) electrons. The van der Waals surface area contributed by atoms with Gasteiger partial charge in [0, 0.05) is 28.5 Å². The van der Waals surface area contributed by atoms with E-state index in [9.17, 15) is 5.11 Å². The maximum absolute atomic E-state index is 10.4. The Morgan fingerprint density at radius 1 is 1.06 bits per heavy atom. The Morgan fingerprint density at radius 2 is 1.82 bits per heavy atom. The summed E-state index contributed by atoms with van der Waals surface area (Å²) in [6.07, 6.45) is 3.31. The van der Waals surface area contributed by atoms with Gasteiger partial charge in [-0.05, 0) is 60.1 Å². The largest absolute Gasteiger partial charge is 0.497 e. The van der Waals surface area contributed by atoms with Crippen molar-refractivity contribution in [1.82, 2.24) is 14.9 Å². The molecule has 0 spiro atoms. The molecule has 1 atom stereocenters. The van der Waals surface area contributed by atoms with E-state index >= 15 is 0 Å². The van der Waals surface area contributed by atoms with Crippen molar-refractivity contribution in [3.05, 3.63) is 41.1 Å². The van der Waals surface area contributed by atoms with Gasteiger partial charge in [-0.2, -0.15) is 0 Å². The Bertz CT molecular complexity index is 1090. The second-order valence-corrected chi connectivity index (χ2v) is 8.54. The van der Waals surface area contributed by atoms with Gasteiger partial charge < -0.3 is 29.5 Å². The quantitative estimate of drug-likeness (QED) is 0.375. The minimum Gasteiger partial charge on any atom is -0.497 e. The summed E-state index contributed by atoms with van der Waals surface area (Å²) in [5, 5.41) is 14.5. The molecule has 0 aliphatic carbocycles. The average molecular weight is 576 g/mol. The highest BCUT2D eigenvalue weighted by Crippen LogP contribution is 2.36. The molecule has 0 amide bonds. The van der Waals surface area contributed by atoms with Crippen molar-refractivity contribution in [3.63, 3.8) is 0 Å². The van der Waals surface area contributed by atoms with E-state index in [4.69, 9.17) is 14.2 Å². The first-order valence-corrected chi connectivity index (χ1v) is 11.3. The number of likely N-dealkylation sites (tertiary alicyclic amines) is 1. The highest BCUT2D eigenvalue weighted by Gasteiger charge is 2.18. The number of rotatable bonds is 9. The lowest BCUT2D eigenvalue weighted by Gasteiger charge is -2.20. The third-order valence-electron chi connectivity index (χ3n) is 5.45. The van der Waals surface area contributed by atoms with Crippen LogP contribution in [0.5, 0.6) is 17.2 Å². The van der Waals surface area contributed by atoms with E-state index < -0.39 is 6.10 Å². The molecule has 1 aliphatic heterocycles. The first-order valence-electron chi connectivity index (χ1n) is 10.5. The van der Waals surface area contributed by atoms with Gasteiger partial charge in [0.25, 0.3) is 0 Å². The van der Waals surface area contributed by atoms with E-state index in [0.717, 1.165) is 34.4 Å². The topological polar surface area (TPSA) is 89.0 Å². The number of anilines is 2. The lowest BCUT2D eigenvalue weighted by molar-refractivity contribution is 0.0747. The molecule has 3 aromatic rings. The Hall–Kier alpha value is -2.04. The summed E-state index contributed by atoms with van der Waals surface area (Å²) in [4.78, 5) is 11.1. The third kappa shape index (κ3) is 6.76. The Balaban J connectivity index is 0.00000204. The SMILES string of the molecule is COc1ccc(Br)c(Nc2ncnc3cc(OCC(O)CN4CCCC4)c(OC)cc23)c1.Cl.Cl. The first kappa shape index (κ1) is 28.2. The molecule has 2 heterocycles. The summed E-state index contributed by atoms with van der Waals surface area (Å²) >= 11 is 3.55. The second-order valence-electron chi connectivity index (χ2n) is 7.69. The van der Waals surface area contributed by atoms with E-state index in [1.807, 2.05) is 30.3 Å². The Labute approximate surface area is 220 Å². The summed E-state index contributed by atoms with van der Waals surface area (Å²) in [6, 6.07) is 9.31. The number of hydrogen-bond acceptors (Lipinski definition) is 8. The van der Waals surface area contributed by atoms with Crippen LogP contribution in [-0.4, -0.2) is 66.5 Å². The van der Waals surface area contributed by atoms with Crippen LogP contribution < -0.4 is 19.5 Å². The Morgan fingerprint density at radius 3 is 2.53 bits per heavy atom. The summed E-state index contributed by atoms with van der Waals surface area (Å²) in [6.45, 7) is 2.87. The molecule has 1 aromatic heterocycles. The molecule has 1 fully saturated rings. The molecule has 4 rings (SSSR count). The van der Waals surface area contributed by atoms with Crippen LogP contribution in [0.15, 0.2) is 41.1 Å². The summed E-state index contributed by atoms with van der Waals surface area (Å²) in [5.41, 5.74) is 1.51. The van der Waals surface area contributed by atoms with E-state index in [0.29, 0.717) is 29.4 Å². The summed E-state index contributed by atoms with van der Waals surface area (Å²) in [7, 11) is 3.21. The number of halogens is 3. The van der Waals surface area contributed by atoms with Crippen molar-refractivity contribution in [2.75, 3.05) is 45.8 Å². The molecule has 8 nitrogen and oxygen atoms in total. The molecule has 34 heavy (non-hydrogen) atoms. The van der Waals surface area contributed by atoms with Gasteiger partial charge >= 0.3 is 0 Å². The molecule has 1 saturated heterocycles. The molecule has 0 saturated carbocycles. The number of benzene rings is 2. The number of ether oxygens (including phenoxy) is 3. The Kier molecular flexibility index (Phi) is 10.9. The van der Waals surface area contributed by atoms with Crippen LogP contribution in [0, 0.1) is 0 Å². The van der Waals surface area contributed by atoms with Gasteiger partial charge in [-0.3, -0.25) is 0 Å². The fraction of sp³-hybridized carbons (Fsp3) is 0.391. The minimum absolute atomic E-state index is 0. The van der Waals surface area contributed by atoms with Crippen LogP contribution in [0.4, 0.5) is 11.5 Å². The third-order valence-corrected chi connectivity index (χ3v) is 6.14. The number of aromatic nitrogens is 2. The summed E-state index contributed by atoms with van der Waals surface area (Å²) < 4.78 is 17.7. The zero-order chi connectivity index (χ0) is 22.5. The predicted octanol–water partition coefficient (Wildman–Crippen LogP) is 4.83. The normalized spacial score (nSPS) is 14.1. The van der Waals surface area contributed by atoms with Crippen molar-refractivity contribution < 1.29 is 19.3 Å². The molecule has 186 valence electrons. The molecular weight excluding hydrogens is 547 g/mol. The average Bonchev–Trinajstić information content (AvgIpc) is 3.31. The van der Waals surface area contributed by atoms with E-state index in [1.54, 1.807) is 14.2 Å². The number of nitrogens with one attached hydrogen (secondary N) is 1. The molecule has 0 bridgehead atoms.